The van der Waals surface area contributed by atoms with E-state index in [-0.39, 0.29) is 29.3 Å². The van der Waals surface area contributed by atoms with E-state index in [1.807, 2.05) is 24.5 Å². The number of hydrogen-bond acceptors (Lipinski definition) is 4. The van der Waals surface area contributed by atoms with Crippen molar-refractivity contribution < 1.29 is 14.3 Å². The Labute approximate surface area is 153 Å². The van der Waals surface area contributed by atoms with E-state index >= 15 is 0 Å². The molecule has 1 saturated heterocycles. The second kappa shape index (κ2) is 7.51. The molecule has 2 bridgehead atoms. The van der Waals surface area contributed by atoms with Crippen molar-refractivity contribution in [3.8, 4) is 0 Å². The molecular formula is C19H27N3O4. The number of nitrogens with one attached hydrogen (secondary N) is 1. The van der Waals surface area contributed by atoms with Crippen LogP contribution in [0, 0.1) is 11.8 Å². The van der Waals surface area contributed by atoms with Gasteiger partial charge in [-0.1, -0.05) is 19.9 Å². The Morgan fingerprint density at radius 1 is 1.27 bits per heavy atom. The highest BCUT2D eigenvalue weighted by atomic mass is 16.5. The summed E-state index contributed by atoms with van der Waals surface area (Å²) in [6.45, 7) is 5.80. The number of urea groups is 1. The van der Waals surface area contributed by atoms with E-state index in [4.69, 9.17) is 4.74 Å². The van der Waals surface area contributed by atoms with Gasteiger partial charge in [0.05, 0.1) is 7.11 Å². The summed E-state index contributed by atoms with van der Waals surface area (Å²) in [5.41, 5.74) is 1.02. The largest absolute Gasteiger partial charge is 0.467 e. The monoisotopic (exact) mass is 361 g/mol. The van der Waals surface area contributed by atoms with E-state index < -0.39 is 12.0 Å². The first kappa shape index (κ1) is 18.5. The molecule has 142 valence electrons. The molecule has 3 heterocycles. The van der Waals surface area contributed by atoms with Crippen LogP contribution in [0.5, 0.6) is 0 Å². The van der Waals surface area contributed by atoms with Gasteiger partial charge in [-0.15, -0.1) is 0 Å². The zero-order valence-corrected chi connectivity index (χ0v) is 15.6. The first-order valence-corrected chi connectivity index (χ1v) is 9.22. The summed E-state index contributed by atoms with van der Waals surface area (Å²) in [6.07, 6.45) is 1.52. The van der Waals surface area contributed by atoms with Gasteiger partial charge in [0.1, 0.15) is 6.04 Å². The standard InChI is InChI=1S/C19H27N3O4/c1-12(2)7-15(18(24)26-3)20-19(25)21-9-13-8-14(11-21)16-5-4-6-17(23)22(16)10-13/h4-6,12-15H,7-11H2,1-3H3,(H,20,25)/t13-,14-,15+/m1/s1. The van der Waals surface area contributed by atoms with Crippen molar-refractivity contribution in [1.29, 1.82) is 0 Å². The van der Waals surface area contributed by atoms with Crippen molar-refractivity contribution in [2.75, 3.05) is 20.2 Å². The molecule has 0 unspecified atom stereocenters. The molecule has 26 heavy (non-hydrogen) atoms. The molecule has 0 radical (unpaired) electrons. The zero-order valence-electron chi connectivity index (χ0n) is 15.6. The Hall–Kier alpha value is -2.31. The normalized spacial score (nSPS) is 22.5. The number of hydrogen-bond donors (Lipinski definition) is 1. The molecule has 3 atom stereocenters. The van der Waals surface area contributed by atoms with Crippen molar-refractivity contribution in [1.82, 2.24) is 14.8 Å². The Morgan fingerprint density at radius 2 is 2.04 bits per heavy atom. The molecule has 1 aromatic rings. The van der Waals surface area contributed by atoms with Crippen LogP contribution in [-0.4, -0.2) is 47.7 Å². The molecule has 2 aliphatic rings. The summed E-state index contributed by atoms with van der Waals surface area (Å²) < 4.78 is 6.66. The molecule has 2 aliphatic heterocycles. The molecule has 0 saturated carbocycles. The van der Waals surface area contributed by atoms with Crippen molar-refractivity contribution in [2.24, 2.45) is 11.8 Å². The molecule has 0 aliphatic carbocycles. The maximum Gasteiger partial charge on any atom is 0.328 e. The first-order chi connectivity index (χ1) is 12.4. The number of likely N-dealkylation sites (tertiary alicyclic amines) is 1. The summed E-state index contributed by atoms with van der Waals surface area (Å²) in [6, 6.07) is 4.47. The van der Waals surface area contributed by atoms with Gasteiger partial charge in [-0.3, -0.25) is 4.79 Å². The van der Waals surface area contributed by atoms with Gasteiger partial charge in [-0.2, -0.15) is 0 Å². The van der Waals surface area contributed by atoms with Crippen LogP contribution >= 0.6 is 0 Å². The number of esters is 1. The Bertz CT molecular complexity index is 743. The van der Waals surface area contributed by atoms with Gasteiger partial charge in [-0.05, 0) is 30.7 Å². The van der Waals surface area contributed by atoms with Crippen LogP contribution in [0.15, 0.2) is 23.0 Å². The van der Waals surface area contributed by atoms with Crippen LogP contribution in [0.25, 0.3) is 0 Å². The number of pyridine rings is 1. The van der Waals surface area contributed by atoms with Crippen LogP contribution in [-0.2, 0) is 16.1 Å². The maximum absolute atomic E-state index is 12.8. The summed E-state index contributed by atoms with van der Waals surface area (Å²) >= 11 is 0. The SMILES string of the molecule is COC(=O)[C@H](CC(C)C)NC(=O)N1C[C@H]2C[C@H](C1)c1cccc(=O)n1C2. The first-order valence-electron chi connectivity index (χ1n) is 9.22. The third-order valence-electron chi connectivity index (χ3n) is 5.26. The maximum atomic E-state index is 12.8. The molecule has 1 aromatic heterocycles. The number of aromatic nitrogens is 1. The molecule has 2 amide bonds. The lowest BCUT2D eigenvalue weighted by molar-refractivity contribution is -0.143. The average molecular weight is 361 g/mol. The van der Waals surface area contributed by atoms with Crippen LogP contribution < -0.4 is 10.9 Å². The van der Waals surface area contributed by atoms with Gasteiger partial charge in [0.25, 0.3) is 5.56 Å². The summed E-state index contributed by atoms with van der Waals surface area (Å²) in [4.78, 5) is 38.6. The minimum atomic E-state index is -0.635. The smallest absolute Gasteiger partial charge is 0.328 e. The fourth-order valence-electron chi connectivity index (χ4n) is 4.13. The summed E-state index contributed by atoms with van der Waals surface area (Å²) in [7, 11) is 1.34. The van der Waals surface area contributed by atoms with Gasteiger partial charge < -0.3 is 19.5 Å². The molecule has 0 spiro atoms. The Kier molecular flexibility index (Phi) is 5.34. The number of fused-ring (bicyclic) bond motifs is 4. The molecule has 1 fully saturated rings. The zero-order chi connectivity index (χ0) is 18.8. The third kappa shape index (κ3) is 3.76. The predicted molar refractivity (Wildman–Crippen MR) is 96.9 cm³/mol. The number of nitrogens with zero attached hydrogens (tertiary/aromatic N) is 2. The van der Waals surface area contributed by atoms with Gasteiger partial charge in [-0.25, -0.2) is 9.59 Å². The molecule has 0 aromatic carbocycles. The summed E-state index contributed by atoms with van der Waals surface area (Å²) in [5.74, 6) is 0.262. The molecule has 3 rings (SSSR count). The van der Waals surface area contributed by atoms with E-state index in [0.717, 1.165) is 12.1 Å². The van der Waals surface area contributed by atoms with Crippen LogP contribution in [0.2, 0.25) is 0 Å². The number of piperidine rings is 1. The van der Waals surface area contributed by atoms with Crippen molar-refractivity contribution >= 4 is 12.0 Å². The fourth-order valence-corrected chi connectivity index (χ4v) is 4.13. The fraction of sp³-hybridized carbons (Fsp3) is 0.632. The second-order valence-corrected chi connectivity index (χ2v) is 7.76. The minimum Gasteiger partial charge on any atom is -0.467 e. The highest BCUT2D eigenvalue weighted by Gasteiger charge is 2.37. The van der Waals surface area contributed by atoms with Gasteiger partial charge in [0.15, 0.2) is 0 Å². The van der Waals surface area contributed by atoms with Crippen molar-refractivity contribution in [3.05, 3.63) is 34.2 Å². The molecule has 1 N–H and O–H groups in total. The van der Waals surface area contributed by atoms with Crippen LogP contribution in [0.4, 0.5) is 4.79 Å². The average Bonchev–Trinajstić information content (AvgIpc) is 2.60. The minimum absolute atomic E-state index is 0.0257. The lowest BCUT2D eigenvalue weighted by Gasteiger charge is -2.42. The number of carbonyl (C=O) groups excluding carboxylic acids is 2. The number of rotatable bonds is 4. The number of carbonyl (C=O) groups is 2. The molecule has 7 nitrogen and oxygen atoms in total. The summed E-state index contributed by atoms with van der Waals surface area (Å²) in [5, 5.41) is 2.84. The Morgan fingerprint density at radius 3 is 2.73 bits per heavy atom. The van der Waals surface area contributed by atoms with Crippen LogP contribution in [0.3, 0.4) is 0 Å². The number of ether oxygens (including phenoxy) is 1. The van der Waals surface area contributed by atoms with Gasteiger partial charge >= 0.3 is 12.0 Å². The van der Waals surface area contributed by atoms with E-state index in [2.05, 4.69) is 5.32 Å². The lowest BCUT2D eigenvalue weighted by Crippen LogP contribution is -2.54. The predicted octanol–water partition coefficient (Wildman–Crippen LogP) is 1.56. The lowest BCUT2D eigenvalue weighted by atomic mass is 9.83. The Balaban J connectivity index is 1.72. The number of methoxy groups -OCH3 is 1. The highest BCUT2D eigenvalue weighted by Crippen LogP contribution is 2.34. The topological polar surface area (TPSA) is 80.6 Å². The van der Waals surface area contributed by atoms with Crippen molar-refractivity contribution in [3.63, 3.8) is 0 Å². The van der Waals surface area contributed by atoms with E-state index in [1.54, 1.807) is 17.0 Å². The van der Waals surface area contributed by atoms with Crippen molar-refractivity contribution in [2.45, 2.75) is 45.2 Å². The third-order valence-corrected chi connectivity index (χ3v) is 5.26. The molecule has 7 heteroatoms. The van der Waals surface area contributed by atoms with Gasteiger partial charge in [0.2, 0.25) is 0 Å². The molecular weight excluding hydrogens is 334 g/mol. The van der Waals surface area contributed by atoms with Gasteiger partial charge in [0, 0.05) is 37.3 Å². The highest BCUT2D eigenvalue weighted by molar-refractivity contribution is 5.83. The number of amides is 2. The van der Waals surface area contributed by atoms with E-state index in [9.17, 15) is 14.4 Å². The van der Waals surface area contributed by atoms with E-state index in [1.165, 1.54) is 7.11 Å². The quantitative estimate of drug-likeness (QED) is 0.826. The van der Waals surface area contributed by atoms with E-state index in [0.29, 0.717) is 26.1 Å². The van der Waals surface area contributed by atoms with Crippen LogP contribution in [0.1, 0.15) is 38.3 Å². The second-order valence-electron chi connectivity index (χ2n) is 7.76.